The largest absolute Gasteiger partial charge is 0.390 e. The van der Waals surface area contributed by atoms with Crippen LogP contribution in [0.1, 0.15) is 40.0 Å². The minimum Gasteiger partial charge on any atom is -0.390 e. The molecular weight excluding hydrogens is 248 g/mol. The monoisotopic (exact) mass is 274 g/mol. The number of epoxide rings is 2. The zero-order chi connectivity index (χ0) is 14.1. The zero-order valence-electron chi connectivity index (χ0n) is 12.1. The normalized spacial score (nSPS) is 33.0. The molecule has 2 aliphatic rings. The number of hydrogen-bond acceptors (Lipinski definition) is 5. The SMILES string of the molecule is CC(C)(O)CCC(C)(O)CC1(COCC2CO2)CO1. The van der Waals surface area contributed by atoms with Gasteiger partial charge in [0.25, 0.3) is 0 Å². The van der Waals surface area contributed by atoms with E-state index in [9.17, 15) is 10.2 Å². The van der Waals surface area contributed by atoms with Crippen LogP contribution in [-0.4, -0.2) is 59.5 Å². The molecule has 0 bridgehead atoms. The van der Waals surface area contributed by atoms with Crippen LogP contribution in [0, 0.1) is 0 Å². The number of hydrogen-bond donors (Lipinski definition) is 2. The lowest BCUT2D eigenvalue weighted by atomic mass is 9.86. The zero-order valence-corrected chi connectivity index (χ0v) is 12.1. The van der Waals surface area contributed by atoms with Gasteiger partial charge in [-0.15, -0.1) is 0 Å². The van der Waals surface area contributed by atoms with Gasteiger partial charge in [-0.25, -0.2) is 0 Å². The van der Waals surface area contributed by atoms with Crippen LogP contribution in [0.5, 0.6) is 0 Å². The van der Waals surface area contributed by atoms with E-state index in [1.807, 2.05) is 0 Å². The van der Waals surface area contributed by atoms with Crippen molar-refractivity contribution in [3.63, 3.8) is 0 Å². The van der Waals surface area contributed by atoms with E-state index in [2.05, 4.69) is 0 Å². The first-order chi connectivity index (χ1) is 8.70. The molecule has 2 saturated heterocycles. The molecule has 0 amide bonds. The third-order valence-corrected chi connectivity index (χ3v) is 3.60. The Morgan fingerprint density at radius 2 is 1.89 bits per heavy atom. The van der Waals surface area contributed by atoms with Crippen molar-refractivity contribution in [1.82, 2.24) is 0 Å². The molecule has 3 atom stereocenters. The molecule has 0 aliphatic carbocycles. The van der Waals surface area contributed by atoms with Crippen LogP contribution < -0.4 is 0 Å². The van der Waals surface area contributed by atoms with Gasteiger partial charge in [0.2, 0.25) is 0 Å². The molecule has 0 aromatic rings. The Balaban J connectivity index is 1.71. The highest BCUT2D eigenvalue weighted by atomic mass is 16.6. The average Bonchev–Trinajstić information content (AvgIpc) is 3.13. The quantitative estimate of drug-likeness (QED) is 0.610. The van der Waals surface area contributed by atoms with Crippen molar-refractivity contribution in [3.8, 4) is 0 Å². The van der Waals surface area contributed by atoms with Crippen LogP contribution in [0.2, 0.25) is 0 Å². The molecule has 112 valence electrons. The summed E-state index contributed by atoms with van der Waals surface area (Å²) in [5.74, 6) is 0. The molecule has 2 fully saturated rings. The lowest BCUT2D eigenvalue weighted by Gasteiger charge is -2.29. The van der Waals surface area contributed by atoms with E-state index in [0.29, 0.717) is 39.1 Å². The fraction of sp³-hybridized carbons (Fsp3) is 1.00. The van der Waals surface area contributed by atoms with Crippen molar-refractivity contribution in [3.05, 3.63) is 0 Å². The van der Waals surface area contributed by atoms with Crippen molar-refractivity contribution < 1.29 is 24.4 Å². The van der Waals surface area contributed by atoms with Gasteiger partial charge in [0.1, 0.15) is 11.7 Å². The summed E-state index contributed by atoms with van der Waals surface area (Å²) in [7, 11) is 0. The van der Waals surface area contributed by atoms with Gasteiger partial charge in [0.15, 0.2) is 0 Å². The summed E-state index contributed by atoms with van der Waals surface area (Å²) in [5, 5.41) is 20.1. The van der Waals surface area contributed by atoms with Crippen molar-refractivity contribution in [2.45, 2.75) is 62.9 Å². The standard InChI is InChI=1S/C14H26O5/c1-12(2,15)4-5-13(3,16)8-14(10-19-14)9-17-6-11-7-18-11/h11,15-16H,4-10H2,1-3H3. The van der Waals surface area contributed by atoms with Crippen LogP contribution >= 0.6 is 0 Å². The maximum Gasteiger partial charge on any atom is 0.117 e. The van der Waals surface area contributed by atoms with Crippen molar-refractivity contribution in [2.24, 2.45) is 0 Å². The summed E-state index contributed by atoms with van der Waals surface area (Å²) in [6.07, 6.45) is 1.91. The topological polar surface area (TPSA) is 74.8 Å². The Morgan fingerprint density at radius 3 is 2.37 bits per heavy atom. The molecule has 0 saturated carbocycles. The Morgan fingerprint density at radius 1 is 1.26 bits per heavy atom. The van der Waals surface area contributed by atoms with Gasteiger partial charge in [-0.1, -0.05) is 0 Å². The van der Waals surface area contributed by atoms with Gasteiger partial charge in [-0.2, -0.15) is 0 Å². The van der Waals surface area contributed by atoms with Crippen molar-refractivity contribution >= 4 is 0 Å². The molecule has 0 radical (unpaired) electrons. The van der Waals surface area contributed by atoms with E-state index in [1.54, 1.807) is 20.8 Å². The summed E-state index contributed by atoms with van der Waals surface area (Å²) in [5.41, 5.74) is -1.92. The lowest BCUT2D eigenvalue weighted by molar-refractivity contribution is -0.0284. The van der Waals surface area contributed by atoms with E-state index in [4.69, 9.17) is 14.2 Å². The maximum atomic E-state index is 10.4. The van der Waals surface area contributed by atoms with Gasteiger partial charge in [-0.05, 0) is 33.6 Å². The summed E-state index contributed by atoms with van der Waals surface area (Å²) in [6.45, 7) is 7.85. The molecule has 3 unspecified atom stereocenters. The average molecular weight is 274 g/mol. The molecule has 2 aliphatic heterocycles. The second kappa shape index (κ2) is 5.30. The second-order valence-corrected chi connectivity index (χ2v) is 6.93. The highest BCUT2D eigenvalue weighted by Gasteiger charge is 2.49. The van der Waals surface area contributed by atoms with Gasteiger partial charge in [0.05, 0.1) is 37.6 Å². The summed E-state index contributed by atoms with van der Waals surface area (Å²) in [4.78, 5) is 0. The molecular formula is C14H26O5. The minimum absolute atomic E-state index is 0.256. The van der Waals surface area contributed by atoms with Crippen LogP contribution in [0.4, 0.5) is 0 Å². The lowest BCUT2D eigenvalue weighted by Crippen LogP contribution is -2.36. The Bertz CT molecular complexity index is 299. The molecule has 0 spiro atoms. The first-order valence-electron chi connectivity index (χ1n) is 6.98. The number of rotatable bonds is 9. The summed E-state index contributed by atoms with van der Waals surface area (Å²) >= 11 is 0. The summed E-state index contributed by atoms with van der Waals surface area (Å²) in [6, 6.07) is 0. The highest BCUT2D eigenvalue weighted by molar-refractivity contribution is 4.98. The molecule has 2 N–H and O–H groups in total. The molecule has 2 heterocycles. The van der Waals surface area contributed by atoms with Gasteiger partial charge in [0, 0.05) is 6.42 Å². The highest BCUT2D eigenvalue weighted by Crippen LogP contribution is 2.38. The predicted molar refractivity (Wildman–Crippen MR) is 70.0 cm³/mol. The van der Waals surface area contributed by atoms with Crippen LogP contribution in [0.15, 0.2) is 0 Å². The Kier molecular flexibility index (Phi) is 4.23. The van der Waals surface area contributed by atoms with Gasteiger partial charge < -0.3 is 24.4 Å². The van der Waals surface area contributed by atoms with E-state index < -0.39 is 11.2 Å². The number of ether oxygens (including phenoxy) is 3. The molecule has 0 aromatic carbocycles. The first kappa shape index (κ1) is 15.2. The van der Waals surface area contributed by atoms with Gasteiger partial charge >= 0.3 is 0 Å². The van der Waals surface area contributed by atoms with E-state index in [0.717, 1.165) is 6.61 Å². The molecule has 5 nitrogen and oxygen atoms in total. The maximum absolute atomic E-state index is 10.4. The van der Waals surface area contributed by atoms with Crippen molar-refractivity contribution in [2.75, 3.05) is 26.4 Å². The fourth-order valence-corrected chi connectivity index (χ4v) is 2.24. The first-order valence-corrected chi connectivity index (χ1v) is 6.98. The summed E-state index contributed by atoms with van der Waals surface area (Å²) < 4.78 is 16.1. The van der Waals surface area contributed by atoms with Crippen LogP contribution in [0.3, 0.4) is 0 Å². The van der Waals surface area contributed by atoms with E-state index in [-0.39, 0.29) is 11.7 Å². The second-order valence-electron chi connectivity index (χ2n) is 6.93. The smallest absolute Gasteiger partial charge is 0.117 e. The predicted octanol–water partition coefficient (Wildman–Crippen LogP) is 0.863. The van der Waals surface area contributed by atoms with Crippen LogP contribution in [0.25, 0.3) is 0 Å². The Hall–Kier alpha value is -0.200. The Labute approximate surface area is 114 Å². The van der Waals surface area contributed by atoms with E-state index >= 15 is 0 Å². The van der Waals surface area contributed by atoms with E-state index in [1.165, 1.54) is 0 Å². The third-order valence-electron chi connectivity index (χ3n) is 3.60. The molecule has 19 heavy (non-hydrogen) atoms. The van der Waals surface area contributed by atoms with Gasteiger partial charge in [-0.3, -0.25) is 0 Å². The van der Waals surface area contributed by atoms with Crippen molar-refractivity contribution in [1.29, 1.82) is 0 Å². The fourth-order valence-electron chi connectivity index (χ4n) is 2.24. The third kappa shape index (κ3) is 5.75. The molecule has 0 aromatic heterocycles. The number of aliphatic hydroxyl groups is 2. The minimum atomic E-state index is -0.837. The molecule has 2 rings (SSSR count). The van der Waals surface area contributed by atoms with Crippen LogP contribution in [-0.2, 0) is 14.2 Å². The molecule has 5 heteroatoms.